The Morgan fingerprint density at radius 1 is 1.89 bits per heavy atom. The number of nitrogens with two attached hydrogens (primary N) is 1. The molecule has 4 nitrogen and oxygen atoms in total. The number of carbonyl (C=O) groups is 1. The van der Waals surface area contributed by atoms with E-state index in [0.717, 1.165) is 6.42 Å². The number of hydrogen-bond acceptors (Lipinski definition) is 2. The molecule has 0 fully saturated rings. The molecule has 0 saturated carbocycles. The van der Waals surface area contributed by atoms with Gasteiger partial charge in [-0.05, 0) is 6.04 Å². The van der Waals surface area contributed by atoms with E-state index in [0.29, 0.717) is 6.04 Å². The molecule has 5 heteroatoms. The summed E-state index contributed by atoms with van der Waals surface area (Å²) in [5, 5.41) is 0. The largest absolute Gasteiger partial charge is 0.417 e. The third-order valence-corrected chi connectivity index (χ3v) is 2.61. The maximum absolute atomic E-state index is 10.1. The van der Waals surface area contributed by atoms with Crippen LogP contribution < -0.4 is 10.7 Å². The molecule has 0 aromatic carbocycles. The minimum atomic E-state index is -1.98. The molecule has 0 aliphatic heterocycles. The number of urea groups is 1. The average molecular weight is 148 g/mol. The van der Waals surface area contributed by atoms with Crippen LogP contribution >= 0.6 is 0 Å². The molecule has 0 heterocycles. The van der Waals surface area contributed by atoms with Crippen molar-refractivity contribution >= 4 is 15.2 Å². The van der Waals surface area contributed by atoms with Crippen LogP contribution in [0.2, 0.25) is 6.04 Å². The second kappa shape index (κ2) is 4.34. The molecule has 0 bridgehead atoms. The smallest absolute Gasteiger partial charge is 0.305 e. The zero-order chi connectivity index (χ0) is 7.28. The number of primary amides is 1. The summed E-state index contributed by atoms with van der Waals surface area (Å²) >= 11 is 0. The van der Waals surface area contributed by atoms with Crippen molar-refractivity contribution < 1.29 is 9.59 Å². The lowest BCUT2D eigenvalue weighted by Gasteiger charge is -2.04. The van der Waals surface area contributed by atoms with Crippen molar-refractivity contribution in [1.29, 1.82) is 0 Å². The van der Waals surface area contributed by atoms with Crippen LogP contribution in [0.15, 0.2) is 0 Å². The Kier molecular flexibility index (Phi) is 4.07. The van der Waals surface area contributed by atoms with Crippen molar-refractivity contribution in [1.82, 2.24) is 4.98 Å². The molecule has 0 spiro atoms. The van der Waals surface area contributed by atoms with Crippen LogP contribution in [0.1, 0.15) is 13.3 Å². The van der Waals surface area contributed by atoms with Crippen molar-refractivity contribution in [3.63, 3.8) is 0 Å². The summed E-state index contributed by atoms with van der Waals surface area (Å²) in [6.07, 6.45) is 0.883. The number of carbonyl (C=O) groups excluding carboxylic acids is 1. The quantitative estimate of drug-likeness (QED) is 0.462. The third kappa shape index (κ3) is 5.32. The van der Waals surface area contributed by atoms with E-state index in [4.69, 9.17) is 10.5 Å². The number of amides is 2. The van der Waals surface area contributed by atoms with Crippen LogP contribution in [-0.2, 0) is 0 Å². The van der Waals surface area contributed by atoms with E-state index in [2.05, 4.69) is 4.98 Å². The summed E-state index contributed by atoms with van der Waals surface area (Å²) in [4.78, 5) is 21.3. The minimum Gasteiger partial charge on any atom is -0.417 e. The standard InChI is InChI=1S/C4H12N2O2Si/c1-2-3-9(8)6-4(5)7/h8-9H,2-3H2,1H3,(H3,5,6,7). The first-order chi connectivity index (χ1) is 4.16. The molecule has 9 heavy (non-hydrogen) atoms. The van der Waals surface area contributed by atoms with Gasteiger partial charge < -0.3 is 15.5 Å². The lowest BCUT2D eigenvalue weighted by atomic mass is 10.6. The molecule has 0 radical (unpaired) electrons. The van der Waals surface area contributed by atoms with E-state index < -0.39 is 15.2 Å². The van der Waals surface area contributed by atoms with Gasteiger partial charge in [-0.2, -0.15) is 0 Å². The van der Waals surface area contributed by atoms with Gasteiger partial charge in [-0.1, -0.05) is 13.3 Å². The highest BCUT2D eigenvalue weighted by molar-refractivity contribution is 6.50. The van der Waals surface area contributed by atoms with Gasteiger partial charge >= 0.3 is 6.03 Å². The summed E-state index contributed by atoms with van der Waals surface area (Å²) in [5.74, 6) is 0. The Balaban J connectivity index is 3.26. The summed E-state index contributed by atoms with van der Waals surface area (Å²) in [7, 11) is -1.98. The van der Waals surface area contributed by atoms with E-state index in [1.54, 1.807) is 0 Å². The summed E-state index contributed by atoms with van der Waals surface area (Å²) in [6, 6.07) is 0.0609. The van der Waals surface area contributed by atoms with E-state index in [9.17, 15) is 4.79 Å². The Morgan fingerprint density at radius 3 is 2.78 bits per heavy atom. The average Bonchev–Trinajstić information content (AvgIpc) is 1.63. The van der Waals surface area contributed by atoms with Crippen molar-refractivity contribution in [3.05, 3.63) is 0 Å². The van der Waals surface area contributed by atoms with Gasteiger partial charge in [-0.3, -0.25) is 0 Å². The predicted octanol–water partition coefficient (Wildman–Crippen LogP) is -0.723. The molecule has 2 amide bonds. The van der Waals surface area contributed by atoms with Crippen LogP contribution in [0.5, 0.6) is 0 Å². The van der Waals surface area contributed by atoms with Gasteiger partial charge in [0.2, 0.25) is 0 Å². The normalized spacial score (nSPS) is 12.7. The minimum absolute atomic E-state index is 0.623. The van der Waals surface area contributed by atoms with E-state index in [1.807, 2.05) is 6.92 Å². The topological polar surface area (TPSA) is 75.3 Å². The van der Waals surface area contributed by atoms with Gasteiger partial charge in [-0.25, -0.2) is 4.79 Å². The lowest BCUT2D eigenvalue weighted by Crippen LogP contribution is -2.41. The van der Waals surface area contributed by atoms with Crippen LogP contribution in [0.25, 0.3) is 0 Å². The Morgan fingerprint density at radius 2 is 2.44 bits per heavy atom. The maximum Gasteiger partial charge on any atom is 0.305 e. The Bertz CT molecular complexity index is 98.6. The number of rotatable bonds is 3. The fourth-order valence-corrected chi connectivity index (χ4v) is 1.53. The second-order valence-electron chi connectivity index (χ2n) is 1.81. The molecule has 0 aliphatic carbocycles. The molecule has 0 aliphatic rings. The lowest BCUT2D eigenvalue weighted by molar-refractivity contribution is 0.252. The van der Waals surface area contributed by atoms with Gasteiger partial charge in [0.15, 0.2) is 0 Å². The van der Waals surface area contributed by atoms with Crippen molar-refractivity contribution in [3.8, 4) is 0 Å². The Hall–Kier alpha value is -0.553. The number of hydrogen-bond donors (Lipinski definition) is 3. The van der Waals surface area contributed by atoms with Crippen LogP contribution in [0.4, 0.5) is 4.79 Å². The first-order valence-corrected chi connectivity index (χ1v) is 4.82. The first-order valence-electron chi connectivity index (χ1n) is 2.91. The highest BCUT2D eigenvalue weighted by atomic mass is 28.3. The van der Waals surface area contributed by atoms with Crippen LogP contribution in [0.3, 0.4) is 0 Å². The van der Waals surface area contributed by atoms with Crippen molar-refractivity contribution in [2.75, 3.05) is 0 Å². The third-order valence-electron chi connectivity index (χ3n) is 0.871. The van der Waals surface area contributed by atoms with Gasteiger partial charge in [0.1, 0.15) is 0 Å². The van der Waals surface area contributed by atoms with Crippen molar-refractivity contribution in [2.24, 2.45) is 5.73 Å². The molecule has 54 valence electrons. The molecular formula is C4H12N2O2Si. The van der Waals surface area contributed by atoms with Crippen LogP contribution in [-0.4, -0.2) is 20.0 Å². The molecule has 0 aromatic heterocycles. The molecule has 0 aromatic rings. The van der Waals surface area contributed by atoms with Crippen molar-refractivity contribution in [2.45, 2.75) is 19.4 Å². The molecule has 4 N–H and O–H groups in total. The number of nitrogens with one attached hydrogen (secondary N) is 1. The molecule has 1 atom stereocenters. The fraction of sp³-hybridized carbons (Fsp3) is 0.750. The molecule has 0 rings (SSSR count). The summed E-state index contributed by atoms with van der Waals surface area (Å²) < 4.78 is 0. The van der Waals surface area contributed by atoms with Gasteiger partial charge in [0.25, 0.3) is 9.20 Å². The SMILES string of the molecule is CCC[SiH](O)NC(N)=O. The van der Waals surface area contributed by atoms with E-state index in [-0.39, 0.29) is 0 Å². The molecular weight excluding hydrogens is 136 g/mol. The highest BCUT2D eigenvalue weighted by Gasteiger charge is 2.05. The fourth-order valence-electron chi connectivity index (χ4n) is 0.510. The zero-order valence-electron chi connectivity index (χ0n) is 5.42. The Labute approximate surface area is 55.9 Å². The predicted molar refractivity (Wildman–Crippen MR) is 37.2 cm³/mol. The summed E-state index contributed by atoms with van der Waals surface area (Å²) in [6.45, 7) is 1.94. The zero-order valence-corrected chi connectivity index (χ0v) is 6.58. The van der Waals surface area contributed by atoms with Gasteiger partial charge in [-0.15, -0.1) is 0 Å². The monoisotopic (exact) mass is 148 g/mol. The molecule has 0 saturated heterocycles. The maximum atomic E-state index is 10.1. The molecule has 1 unspecified atom stereocenters. The second-order valence-corrected chi connectivity index (χ2v) is 3.71. The summed E-state index contributed by atoms with van der Waals surface area (Å²) in [5.41, 5.74) is 4.75. The highest BCUT2D eigenvalue weighted by Crippen LogP contribution is 1.88. The van der Waals surface area contributed by atoms with Crippen LogP contribution in [0, 0.1) is 0 Å². The van der Waals surface area contributed by atoms with E-state index >= 15 is 0 Å². The van der Waals surface area contributed by atoms with E-state index in [1.165, 1.54) is 0 Å². The van der Waals surface area contributed by atoms with Gasteiger partial charge in [0.05, 0.1) is 0 Å². The first kappa shape index (κ1) is 8.45. The van der Waals surface area contributed by atoms with Gasteiger partial charge in [0, 0.05) is 0 Å².